The molecule has 0 radical (unpaired) electrons. The molecule has 5 rings (SSSR count). The van der Waals surface area contributed by atoms with E-state index in [0.717, 1.165) is 10.4 Å². The Bertz CT molecular complexity index is 1170. The summed E-state index contributed by atoms with van der Waals surface area (Å²) in [6.45, 7) is 1.09. The second-order valence-electron chi connectivity index (χ2n) is 7.16. The average Bonchev–Trinajstić information content (AvgIpc) is 3.42. The Morgan fingerprint density at radius 1 is 1.10 bits per heavy atom. The largest absolute Gasteiger partial charge is 0.507 e. The lowest BCUT2D eigenvalue weighted by molar-refractivity contribution is -0.140. The van der Waals surface area contributed by atoms with Crippen LogP contribution >= 0.6 is 11.3 Å². The average molecular weight is 434 g/mol. The van der Waals surface area contributed by atoms with E-state index < -0.39 is 17.7 Å². The summed E-state index contributed by atoms with van der Waals surface area (Å²) in [5.41, 5.74) is 1.31. The van der Waals surface area contributed by atoms with E-state index in [4.69, 9.17) is 9.47 Å². The van der Waals surface area contributed by atoms with Gasteiger partial charge in [0.05, 0.1) is 11.6 Å². The zero-order valence-electron chi connectivity index (χ0n) is 16.4. The highest BCUT2D eigenvalue weighted by molar-refractivity contribution is 7.10. The van der Waals surface area contributed by atoms with E-state index in [1.54, 1.807) is 42.7 Å². The first-order valence-electron chi connectivity index (χ1n) is 9.74. The van der Waals surface area contributed by atoms with E-state index >= 15 is 0 Å². The standard InChI is InChI=1S/C23H18N2O5S/c26-21(15-3-4-16-17(12-15)30-10-9-29-16)19-20(18-2-1-11-31-18)25(23(28)22(19)27)13-14-5-7-24-8-6-14/h1-8,11-12,20,26H,9-10,13H2. The van der Waals surface area contributed by atoms with Crippen LogP contribution in [0.25, 0.3) is 5.76 Å². The van der Waals surface area contributed by atoms with Gasteiger partial charge in [0.2, 0.25) is 0 Å². The van der Waals surface area contributed by atoms with Gasteiger partial charge in [0, 0.05) is 29.4 Å². The van der Waals surface area contributed by atoms with Crippen LogP contribution in [0.1, 0.15) is 22.0 Å². The summed E-state index contributed by atoms with van der Waals surface area (Å²) >= 11 is 1.43. The predicted molar refractivity (Wildman–Crippen MR) is 114 cm³/mol. The molecule has 0 aliphatic carbocycles. The number of Topliss-reactive ketones (excluding diaryl/α,β-unsaturated/α-hetero) is 1. The molecule has 1 amide bonds. The van der Waals surface area contributed by atoms with Crippen molar-refractivity contribution in [2.75, 3.05) is 13.2 Å². The smallest absolute Gasteiger partial charge is 0.295 e. The minimum absolute atomic E-state index is 0.0678. The highest BCUT2D eigenvalue weighted by Gasteiger charge is 2.46. The Hall–Kier alpha value is -3.65. The molecule has 1 fully saturated rings. The maximum Gasteiger partial charge on any atom is 0.295 e. The Balaban J connectivity index is 1.60. The number of ketones is 1. The molecule has 1 atom stereocenters. The molecule has 8 heteroatoms. The molecule has 0 spiro atoms. The third-order valence-electron chi connectivity index (χ3n) is 5.27. The number of aliphatic hydroxyl groups is 1. The number of amides is 1. The maximum absolute atomic E-state index is 13.0. The first-order chi connectivity index (χ1) is 15.1. The summed E-state index contributed by atoms with van der Waals surface area (Å²) in [5, 5.41) is 13.0. The molecule has 0 bridgehead atoms. The Morgan fingerprint density at radius 2 is 1.87 bits per heavy atom. The van der Waals surface area contributed by atoms with Gasteiger partial charge in [-0.1, -0.05) is 6.07 Å². The summed E-state index contributed by atoms with van der Waals surface area (Å²) in [6.07, 6.45) is 3.28. The minimum atomic E-state index is -0.708. The molecule has 1 N–H and O–H groups in total. The fraction of sp³-hybridized carbons (Fsp3) is 0.174. The molecule has 2 aromatic heterocycles. The summed E-state index contributed by atoms with van der Waals surface area (Å²) in [4.78, 5) is 32.3. The SMILES string of the molecule is O=C1C(=O)N(Cc2ccncc2)C(c2cccs2)C1=C(O)c1ccc2c(c1)OCCO2. The fourth-order valence-electron chi connectivity index (χ4n) is 3.82. The van der Waals surface area contributed by atoms with Crippen molar-refractivity contribution >= 4 is 28.8 Å². The van der Waals surface area contributed by atoms with Crippen LogP contribution in [-0.4, -0.2) is 39.9 Å². The van der Waals surface area contributed by atoms with Crippen molar-refractivity contribution in [2.45, 2.75) is 12.6 Å². The van der Waals surface area contributed by atoms with Gasteiger partial charge >= 0.3 is 0 Å². The van der Waals surface area contributed by atoms with Gasteiger partial charge in [-0.25, -0.2) is 0 Å². The Morgan fingerprint density at radius 3 is 2.61 bits per heavy atom. The lowest BCUT2D eigenvalue weighted by Crippen LogP contribution is -2.28. The first kappa shape index (κ1) is 19.3. The Kier molecular flexibility index (Phi) is 4.91. The normalized spacial score (nSPS) is 19.6. The number of ether oxygens (including phenoxy) is 2. The van der Waals surface area contributed by atoms with Gasteiger partial charge in [0.15, 0.2) is 11.5 Å². The lowest BCUT2D eigenvalue weighted by Gasteiger charge is -2.24. The molecule has 0 saturated carbocycles. The van der Waals surface area contributed by atoms with Crippen molar-refractivity contribution < 1.29 is 24.2 Å². The highest BCUT2D eigenvalue weighted by Crippen LogP contribution is 2.43. The van der Waals surface area contributed by atoms with Crippen molar-refractivity contribution in [1.82, 2.24) is 9.88 Å². The molecule has 2 aliphatic rings. The number of nitrogens with zero attached hydrogens (tertiary/aromatic N) is 2. The van der Waals surface area contributed by atoms with E-state index in [1.165, 1.54) is 16.2 Å². The van der Waals surface area contributed by atoms with Crippen LogP contribution in [0.4, 0.5) is 0 Å². The van der Waals surface area contributed by atoms with E-state index in [1.807, 2.05) is 17.5 Å². The zero-order valence-corrected chi connectivity index (χ0v) is 17.2. The predicted octanol–water partition coefficient (Wildman–Crippen LogP) is 3.54. The minimum Gasteiger partial charge on any atom is -0.507 e. The van der Waals surface area contributed by atoms with Gasteiger partial charge in [-0.3, -0.25) is 14.6 Å². The molecule has 156 valence electrons. The molecule has 1 aromatic carbocycles. The number of carbonyl (C=O) groups excluding carboxylic acids is 2. The monoisotopic (exact) mass is 434 g/mol. The molecular formula is C23H18N2O5S. The lowest BCUT2D eigenvalue weighted by atomic mass is 9.99. The van der Waals surface area contributed by atoms with Crippen molar-refractivity contribution in [3.63, 3.8) is 0 Å². The van der Waals surface area contributed by atoms with E-state index in [2.05, 4.69) is 4.98 Å². The third-order valence-corrected chi connectivity index (χ3v) is 6.20. The molecule has 1 unspecified atom stereocenters. The maximum atomic E-state index is 13.0. The van der Waals surface area contributed by atoms with Gasteiger partial charge in [0.1, 0.15) is 19.0 Å². The van der Waals surface area contributed by atoms with Crippen molar-refractivity contribution in [3.8, 4) is 11.5 Å². The molecule has 3 aromatic rings. The Labute approximate surface area is 182 Å². The molecular weight excluding hydrogens is 416 g/mol. The summed E-state index contributed by atoms with van der Waals surface area (Å²) < 4.78 is 11.1. The number of pyridine rings is 1. The van der Waals surface area contributed by atoms with E-state index in [9.17, 15) is 14.7 Å². The fourth-order valence-corrected chi connectivity index (χ4v) is 4.66. The number of likely N-dealkylation sites (tertiary alicyclic amines) is 1. The second kappa shape index (κ2) is 7.88. The van der Waals surface area contributed by atoms with Crippen LogP contribution in [-0.2, 0) is 16.1 Å². The van der Waals surface area contributed by atoms with Gasteiger partial charge in [0.25, 0.3) is 11.7 Å². The first-order valence-corrected chi connectivity index (χ1v) is 10.6. The van der Waals surface area contributed by atoms with Gasteiger partial charge in [-0.15, -0.1) is 11.3 Å². The third kappa shape index (κ3) is 3.44. The van der Waals surface area contributed by atoms with E-state index in [-0.39, 0.29) is 17.9 Å². The number of rotatable bonds is 4. The van der Waals surface area contributed by atoms with Crippen molar-refractivity contribution in [1.29, 1.82) is 0 Å². The number of carbonyl (C=O) groups is 2. The number of fused-ring (bicyclic) bond motifs is 1. The number of hydrogen-bond donors (Lipinski definition) is 1. The molecule has 2 aliphatic heterocycles. The van der Waals surface area contributed by atoms with Crippen LogP contribution in [0.3, 0.4) is 0 Å². The van der Waals surface area contributed by atoms with Crippen LogP contribution in [0.5, 0.6) is 11.5 Å². The van der Waals surface area contributed by atoms with Gasteiger partial charge in [-0.05, 0) is 47.3 Å². The number of thiophene rings is 1. The quantitative estimate of drug-likeness (QED) is 0.384. The van der Waals surface area contributed by atoms with Gasteiger partial charge < -0.3 is 19.5 Å². The number of aliphatic hydroxyl groups excluding tert-OH is 1. The number of benzene rings is 1. The van der Waals surface area contributed by atoms with Crippen LogP contribution in [0, 0.1) is 0 Å². The van der Waals surface area contributed by atoms with E-state index in [0.29, 0.717) is 30.3 Å². The number of aromatic nitrogens is 1. The van der Waals surface area contributed by atoms with Crippen LogP contribution in [0.2, 0.25) is 0 Å². The second-order valence-corrected chi connectivity index (χ2v) is 8.14. The summed E-state index contributed by atoms with van der Waals surface area (Å²) in [6, 6.07) is 11.6. The molecule has 4 heterocycles. The van der Waals surface area contributed by atoms with Gasteiger partial charge in [-0.2, -0.15) is 0 Å². The highest BCUT2D eigenvalue weighted by atomic mass is 32.1. The molecule has 1 saturated heterocycles. The summed E-state index contributed by atoms with van der Waals surface area (Å²) in [7, 11) is 0. The molecule has 31 heavy (non-hydrogen) atoms. The van der Waals surface area contributed by atoms with Crippen molar-refractivity contribution in [3.05, 3.63) is 81.8 Å². The topological polar surface area (TPSA) is 89.0 Å². The summed E-state index contributed by atoms with van der Waals surface area (Å²) in [5.74, 6) is -0.509. The number of hydrogen-bond acceptors (Lipinski definition) is 7. The van der Waals surface area contributed by atoms with Crippen molar-refractivity contribution in [2.24, 2.45) is 0 Å². The molecule has 7 nitrogen and oxygen atoms in total. The van der Waals surface area contributed by atoms with Crippen LogP contribution < -0.4 is 9.47 Å². The zero-order chi connectivity index (χ0) is 21.4. The van der Waals surface area contributed by atoms with Crippen LogP contribution in [0.15, 0.2) is 65.8 Å².